The highest BCUT2D eigenvalue weighted by Crippen LogP contribution is 2.11. The summed E-state index contributed by atoms with van der Waals surface area (Å²) in [6, 6.07) is 1.41. The zero-order valence-electron chi connectivity index (χ0n) is 10.1. The standard InChI is InChI=1S/C11H25N3/c1-10(2)14-8-7-13(6-5-12-4)11(3)9-14/h10-12H,5-9H2,1-4H3. The van der Waals surface area contributed by atoms with Crippen LogP contribution in [0.25, 0.3) is 0 Å². The Bertz CT molecular complexity index is 159. The average molecular weight is 199 g/mol. The van der Waals surface area contributed by atoms with Crippen molar-refractivity contribution in [1.29, 1.82) is 0 Å². The van der Waals surface area contributed by atoms with Crippen LogP contribution in [0.5, 0.6) is 0 Å². The highest BCUT2D eigenvalue weighted by molar-refractivity contribution is 4.80. The monoisotopic (exact) mass is 199 g/mol. The lowest BCUT2D eigenvalue weighted by molar-refractivity contribution is 0.0659. The molecule has 0 radical (unpaired) electrons. The van der Waals surface area contributed by atoms with E-state index in [0.29, 0.717) is 12.1 Å². The minimum absolute atomic E-state index is 0.698. The minimum atomic E-state index is 0.698. The molecule has 14 heavy (non-hydrogen) atoms. The van der Waals surface area contributed by atoms with E-state index in [1.165, 1.54) is 26.2 Å². The smallest absolute Gasteiger partial charge is 0.0196 e. The minimum Gasteiger partial charge on any atom is -0.318 e. The van der Waals surface area contributed by atoms with Gasteiger partial charge in [0.25, 0.3) is 0 Å². The van der Waals surface area contributed by atoms with Gasteiger partial charge in [0.15, 0.2) is 0 Å². The Hall–Kier alpha value is -0.120. The van der Waals surface area contributed by atoms with E-state index in [4.69, 9.17) is 0 Å². The number of nitrogens with zero attached hydrogens (tertiary/aromatic N) is 2. The molecule has 1 rings (SSSR count). The SMILES string of the molecule is CNCCN1CCN(C(C)C)CC1C. The van der Waals surface area contributed by atoms with E-state index in [2.05, 4.69) is 35.9 Å². The maximum absolute atomic E-state index is 3.21. The number of rotatable bonds is 4. The van der Waals surface area contributed by atoms with Gasteiger partial charge >= 0.3 is 0 Å². The molecule has 1 saturated heterocycles. The van der Waals surface area contributed by atoms with Crippen molar-refractivity contribution in [3.05, 3.63) is 0 Å². The third-order valence-corrected chi connectivity index (χ3v) is 3.18. The Balaban J connectivity index is 2.32. The Morgan fingerprint density at radius 1 is 1.36 bits per heavy atom. The van der Waals surface area contributed by atoms with E-state index >= 15 is 0 Å². The topological polar surface area (TPSA) is 18.5 Å². The van der Waals surface area contributed by atoms with E-state index in [1.54, 1.807) is 0 Å². The lowest BCUT2D eigenvalue weighted by Gasteiger charge is -2.41. The fourth-order valence-electron chi connectivity index (χ4n) is 2.08. The second-order valence-corrected chi connectivity index (χ2v) is 4.58. The molecule has 1 aliphatic rings. The molecule has 0 aromatic heterocycles. The molecule has 1 N–H and O–H groups in total. The summed E-state index contributed by atoms with van der Waals surface area (Å²) in [6.07, 6.45) is 0. The fraction of sp³-hybridized carbons (Fsp3) is 1.00. The zero-order valence-corrected chi connectivity index (χ0v) is 10.1. The van der Waals surface area contributed by atoms with E-state index in [9.17, 15) is 0 Å². The third-order valence-electron chi connectivity index (χ3n) is 3.18. The molecular weight excluding hydrogens is 174 g/mol. The van der Waals surface area contributed by atoms with Gasteiger partial charge in [0.1, 0.15) is 0 Å². The van der Waals surface area contributed by atoms with Crippen LogP contribution in [0.3, 0.4) is 0 Å². The summed E-state index contributed by atoms with van der Waals surface area (Å²) in [5.41, 5.74) is 0. The Labute approximate surface area is 88.5 Å². The third kappa shape index (κ3) is 3.23. The van der Waals surface area contributed by atoms with Crippen molar-refractivity contribution in [2.45, 2.75) is 32.9 Å². The van der Waals surface area contributed by atoms with Crippen molar-refractivity contribution in [3.8, 4) is 0 Å². The molecule has 1 fully saturated rings. The molecule has 1 heterocycles. The molecule has 84 valence electrons. The van der Waals surface area contributed by atoms with Crippen LogP contribution >= 0.6 is 0 Å². The summed E-state index contributed by atoms with van der Waals surface area (Å²) in [7, 11) is 2.02. The van der Waals surface area contributed by atoms with Gasteiger partial charge in [-0.05, 0) is 27.8 Å². The number of likely N-dealkylation sites (N-methyl/N-ethyl adjacent to an activating group) is 1. The quantitative estimate of drug-likeness (QED) is 0.716. The largest absolute Gasteiger partial charge is 0.318 e. The van der Waals surface area contributed by atoms with Crippen LogP contribution < -0.4 is 5.32 Å². The van der Waals surface area contributed by atoms with E-state index in [-0.39, 0.29) is 0 Å². The fourth-order valence-corrected chi connectivity index (χ4v) is 2.08. The van der Waals surface area contributed by atoms with Crippen LogP contribution in [0.4, 0.5) is 0 Å². The molecule has 0 bridgehead atoms. The van der Waals surface area contributed by atoms with Crippen LogP contribution in [0.2, 0.25) is 0 Å². The van der Waals surface area contributed by atoms with E-state index < -0.39 is 0 Å². The molecule has 0 aromatic carbocycles. The Morgan fingerprint density at radius 2 is 2.07 bits per heavy atom. The summed E-state index contributed by atoms with van der Waals surface area (Å²) in [5, 5.41) is 3.21. The van der Waals surface area contributed by atoms with Gasteiger partial charge in [-0.3, -0.25) is 9.80 Å². The van der Waals surface area contributed by atoms with Crippen LogP contribution in [-0.2, 0) is 0 Å². The predicted molar refractivity (Wildman–Crippen MR) is 61.7 cm³/mol. The summed E-state index contributed by atoms with van der Waals surface area (Å²) in [5.74, 6) is 0. The van der Waals surface area contributed by atoms with Crippen LogP contribution in [0.1, 0.15) is 20.8 Å². The number of hydrogen-bond acceptors (Lipinski definition) is 3. The summed E-state index contributed by atoms with van der Waals surface area (Å²) in [4.78, 5) is 5.15. The maximum atomic E-state index is 3.21. The van der Waals surface area contributed by atoms with Gasteiger partial charge in [-0.1, -0.05) is 0 Å². The van der Waals surface area contributed by atoms with Gasteiger partial charge in [0.05, 0.1) is 0 Å². The Kier molecular flexibility index (Phi) is 4.85. The van der Waals surface area contributed by atoms with Crippen molar-refractivity contribution in [2.24, 2.45) is 0 Å². The summed E-state index contributed by atoms with van der Waals surface area (Å²) in [6.45, 7) is 12.9. The van der Waals surface area contributed by atoms with Crippen LogP contribution in [0.15, 0.2) is 0 Å². The predicted octanol–water partition coefficient (Wildman–Crippen LogP) is 0.620. The molecule has 3 heteroatoms. The summed E-state index contributed by atoms with van der Waals surface area (Å²) >= 11 is 0. The molecule has 1 unspecified atom stereocenters. The van der Waals surface area contributed by atoms with Gasteiger partial charge in [0.2, 0.25) is 0 Å². The Morgan fingerprint density at radius 3 is 2.57 bits per heavy atom. The first kappa shape index (κ1) is 12.0. The molecule has 1 atom stereocenters. The van der Waals surface area contributed by atoms with Crippen molar-refractivity contribution in [1.82, 2.24) is 15.1 Å². The first-order valence-electron chi connectivity index (χ1n) is 5.78. The van der Waals surface area contributed by atoms with Crippen molar-refractivity contribution >= 4 is 0 Å². The molecule has 0 aromatic rings. The van der Waals surface area contributed by atoms with Crippen LogP contribution in [-0.4, -0.2) is 61.7 Å². The van der Waals surface area contributed by atoms with Gasteiger partial charge in [-0.25, -0.2) is 0 Å². The molecule has 0 amide bonds. The maximum Gasteiger partial charge on any atom is 0.0196 e. The second-order valence-electron chi connectivity index (χ2n) is 4.58. The first-order valence-corrected chi connectivity index (χ1v) is 5.78. The lowest BCUT2D eigenvalue weighted by Crippen LogP contribution is -2.54. The molecule has 0 aliphatic carbocycles. The molecule has 0 spiro atoms. The van der Waals surface area contributed by atoms with Crippen LogP contribution in [0, 0.1) is 0 Å². The zero-order chi connectivity index (χ0) is 10.6. The molecule has 3 nitrogen and oxygen atoms in total. The highest BCUT2D eigenvalue weighted by atomic mass is 15.3. The highest BCUT2D eigenvalue weighted by Gasteiger charge is 2.24. The summed E-state index contributed by atoms with van der Waals surface area (Å²) < 4.78 is 0. The van der Waals surface area contributed by atoms with E-state index in [0.717, 1.165) is 6.54 Å². The average Bonchev–Trinajstić information content (AvgIpc) is 2.15. The number of nitrogens with one attached hydrogen (secondary N) is 1. The van der Waals surface area contributed by atoms with Crippen molar-refractivity contribution < 1.29 is 0 Å². The van der Waals surface area contributed by atoms with Gasteiger partial charge in [0, 0.05) is 44.8 Å². The normalized spacial score (nSPS) is 25.9. The number of piperazine rings is 1. The second kappa shape index (κ2) is 5.69. The van der Waals surface area contributed by atoms with Crippen molar-refractivity contribution in [3.63, 3.8) is 0 Å². The first-order chi connectivity index (χ1) is 6.65. The molecule has 0 saturated carbocycles. The van der Waals surface area contributed by atoms with Gasteiger partial charge in [-0.15, -0.1) is 0 Å². The van der Waals surface area contributed by atoms with E-state index in [1.807, 2.05) is 7.05 Å². The van der Waals surface area contributed by atoms with Crippen molar-refractivity contribution in [2.75, 3.05) is 39.8 Å². The molecular formula is C11H25N3. The van der Waals surface area contributed by atoms with Gasteiger partial charge < -0.3 is 5.32 Å². The number of hydrogen-bond donors (Lipinski definition) is 1. The molecule has 1 aliphatic heterocycles. The lowest BCUT2D eigenvalue weighted by atomic mass is 10.1. The van der Waals surface area contributed by atoms with Gasteiger partial charge in [-0.2, -0.15) is 0 Å².